The first-order valence-corrected chi connectivity index (χ1v) is 5.93. The summed E-state index contributed by atoms with van der Waals surface area (Å²) in [6.45, 7) is 3.86. The van der Waals surface area contributed by atoms with Gasteiger partial charge in [-0.25, -0.2) is 0 Å². The van der Waals surface area contributed by atoms with E-state index in [1.807, 2.05) is 32.0 Å². The number of carbonyl (C=O) groups is 2. The lowest BCUT2D eigenvalue weighted by molar-refractivity contribution is -0.115. The maximum Gasteiger partial charge on any atom is 0.158 e. The molecule has 2 heteroatoms. The van der Waals surface area contributed by atoms with Gasteiger partial charge in [-0.3, -0.25) is 9.59 Å². The zero-order valence-electron chi connectivity index (χ0n) is 10.2. The Bertz CT molecular complexity index is 510. The van der Waals surface area contributed by atoms with Crippen LogP contribution in [0, 0.1) is 6.92 Å². The fourth-order valence-corrected chi connectivity index (χ4v) is 2.48. The number of ketones is 1. The summed E-state index contributed by atoms with van der Waals surface area (Å²) in [7, 11) is 0. The van der Waals surface area contributed by atoms with Gasteiger partial charge in [0.2, 0.25) is 0 Å². The number of allylic oxidation sites excluding steroid dienone is 2. The van der Waals surface area contributed by atoms with Gasteiger partial charge in [0.25, 0.3) is 0 Å². The molecule has 0 heterocycles. The topological polar surface area (TPSA) is 34.1 Å². The molecule has 0 bridgehead atoms. The Kier molecular flexibility index (Phi) is 3.23. The largest absolute Gasteiger partial charge is 0.298 e. The molecule has 0 aromatic heterocycles. The molecule has 0 aliphatic heterocycles. The van der Waals surface area contributed by atoms with Crippen LogP contribution in [0.1, 0.15) is 47.7 Å². The maximum atomic E-state index is 11.7. The van der Waals surface area contributed by atoms with E-state index in [-0.39, 0.29) is 5.78 Å². The zero-order valence-corrected chi connectivity index (χ0v) is 10.2. The predicted octanol–water partition coefficient (Wildman–Crippen LogP) is 3.33. The molecular formula is C15H16O2. The van der Waals surface area contributed by atoms with E-state index in [2.05, 4.69) is 0 Å². The highest BCUT2D eigenvalue weighted by Gasteiger charge is 2.20. The van der Waals surface area contributed by atoms with Gasteiger partial charge < -0.3 is 0 Å². The third kappa shape index (κ3) is 2.07. The molecule has 0 saturated carbocycles. The molecule has 0 atom stereocenters. The molecule has 2 nitrogen and oxygen atoms in total. The molecular weight excluding hydrogens is 212 g/mol. The fraction of sp³-hybridized carbons (Fsp3) is 0.333. The van der Waals surface area contributed by atoms with Crippen LogP contribution in [0.25, 0.3) is 5.57 Å². The summed E-state index contributed by atoms with van der Waals surface area (Å²) in [4.78, 5) is 22.8. The van der Waals surface area contributed by atoms with Crippen LogP contribution in [0.15, 0.2) is 23.8 Å². The highest BCUT2D eigenvalue weighted by molar-refractivity contribution is 6.05. The average molecular weight is 228 g/mol. The van der Waals surface area contributed by atoms with E-state index < -0.39 is 0 Å². The van der Waals surface area contributed by atoms with Crippen molar-refractivity contribution in [2.75, 3.05) is 0 Å². The molecule has 0 unspecified atom stereocenters. The second-order valence-corrected chi connectivity index (χ2v) is 4.54. The number of rotatable bonds is 2. The van der Waals surface area contributed by atoms with Crippen molar-refractivity contribution in [3.8, 4) is 0 Å². The molecule has 0 amide bonds. The zero-order chi connectivity index (χ0) is 12.4. The number of hydrogen-bond acceptors (Lipinski definition) is 2. The van der Waals surface area contributed by atoms with Gasteiger partial charge in [0.1, 0.15) is 0 Å². The molecule has 1 aromatic carbocycles. The summed E-state index contributed by atoms with van der Waals surface area (Å²) >= 11 is 0. The lowest BCUT2D eigenvalue weighted by atomic mass is 9.84. The van der Waals surface area contributed by atoms with Gasteiger partial charge in [-0.2, -0.15) is 0 Å². The molecule has 0 fully saturated rings. The molecule has 1 aromatic rings. The summed E-state index contributed by atoms with van der Waals surface area (Å²) in [5.74, 6) is 0.214. The lowest BCUT2D eigenvalue weighted by Crippen LogP contribution is -2.10. The van der Waals surface area contributed by atoms with Crippen molar-refractivity contribution in [3.05, 3.63) is 40.5 Å². The third-order valence-electron chi connectivity index (χ3n) is 3.44. The minimum absolute atomic E-state index is 0.214. The smallest absolute Gasteiger partial charge is 0.158 e. The van der Waals surface area contributed by atoms with Crippen molar-refractivity contribution in [1.82, 2.24) is 0 Å². The Morgan fingerprint density at radius 3 is 2.65 bits per heavy atom. The summed E-state index contributed by atoms with van der Waals surface area (Å²) in [6.07, 6.45) is 3.29. The minimum Gasteiger partial charge on any atom is -0.298 e. The van der Waals surface area contributed by atoms with Crippen molar-refractivity contribution in [1.29, 1.82) is 0 Å². The summed E-state index contributed by atoms with van der Waals surface area (Å²) in [6, 6.07) is 5.68. The van der Waals surface area contributed by atoms with Crippen LogP contribution in [-0.2, 0) is 4.79 Å². The molecule has 0 saturated heterocycles. The van der Waals surface area contributed by atoms with Crippen LogP contribution < -0.4 is 0 Å². The maximum absolute atomic E-state index is 11.7. The van der Waals surface area contributed by atoms with E-state index in [0.29, 0.717) is 12.0 Å². The van der Waals surface area contributed by atoms with E-state index in [0.717, 1.165) is 41.4 Å². The first-order chi connectivity index (χ1) is 8.15. The standard InChI is InChI=1S/C15H16O2/c1-10-5-3-6-12(9-16)15(10)13-7-4-8-14(17)11(13)2/h3,5-6,9H,4,7-8H2,1-2H3. The number of aryl methyl sites for hydroxylation is 1. The first-order valence-electron chi connectivity index (χ1n) is 5.93. The molecule has 1 aliphatic rings. The van der Waals surface area contributed by atoms with Crippen LogP contribution in [0.4, 0.5) is 0 Å². The van der Waals surface area contributed by atoms with Gasteiger partial charge in [-0.05, 0) is 49.0 Å². The predicted molar refractivity (Wildman–Crippen MR) is 68.0 cm³/mol. The van der Waals surface area contributed by atoms with E-state index in [1.54, 1.807) is 0 Å². The monoisotopic (exact) mass is 228 g/mol. The molecule has 17 heavy (non-hydrogen) atoms. The van der Waals surface area contributed by atoms with Crippen molar-refractivity contribution in [3.63, 3.8) is 0 Å². The Labute approximate surface area is 101 Å². The van der Waals surface area contributed by atoms with Crippen molar-refractivity contribution in [2.24, 2.45) is 0 Å². The molecule has 2 rings (SSSR count). The number of hydrogen-bond donors (Lipinski definition) is 0. The van der Waals surface area contributed by atoms with Gasteiger partial charge in [-0.1, -0.05) is 18.2 Å². The minimum atomic E-state index is 0.214. The summed E-state index contributed by atoms with van der Waals surface area (Å²) in [5.41, 5.74) is 4.61. The van der Waals surface area contributed by atoms with E-state index >= 15 is 0 Å². The van der Waals surface area contributed by atoms with E-state index in [1.165, 1.54) is 0 Å². The highest BCUT2D eigenvalue weighted by Crippen LogP contribution is 2.33. The van der Waals surface area contributed by atoms with E-state index in [4.69, 9.17) is 0 Å². The lowest BCUT2D eigenvalue weighted by Gasteiger charge is -2.20. The van der Waals surface area contributed by atoms with Gasteiger partial charge in [0, 0.05) is 12.0 Å². The van der Waals surface area contributed by atoms with Crippen molar-refractivity contribution < 1.29 is 9.59 Å². The normalized spacial score (nSPS) is 16.2. The van der Waals surface area contributed by atoms with Gasteiger partial charge in [0.05, 0.1) is 0 Å². The second-order valence-electron chi connectivity index (χ2n) is 4.54. The Morgan fingerprint density at radius 2 is 1.94 bits per heavy atom. The molecule has 88 valence electrons. The quantitative estimate of drug-likeness (QED) is 0.727. The average Bonchev–Trinajstić information content (AvgIpc) is 2.33. The van der Waals surface area contributed by atoms with Crippen molar-refractivity contribution in [2.45, 2.75) is 33.1 Å². The van der Waals surface area contributed by atoms with Crippen molar-refractivity contribution >= 4 is 17.6 Å². The molecule has 0 spiro atoms. The Hall–Kier alpha value is -1.70. The molecule has 0 N–H and O–H groups in total. The number of aldehydes is 1. The number of Topliss-reactive ketones (excluding diaryl/α,β-unsaturated/α-hetero) is 1. The van der Waals surface area contributed by atoms with Crippen LogP contribution in [0.2, 0.25) is 0 Å². The summed E-state index contributed by atoms with van der Waals surface area (Å²) in [5, 5.41) is 0. The van der Waals surface area contributed by atoms with Gasteiger partial charge in [0.15, 0.2) is 12.1 Å². The highest BCUT2D eigenvalue weighted by atomic mass is 16.1. The Balaban J connectivity index is 2.64. The van der Waals surface area contributed by atoms with Crippen LogP contribution in [0.3, 0.4) is 0 Å². The third-order valence-corrected chi connectivity index (χ3v) is 3.44. The summed E-state index contributed by atoms with van der Waals surface area (Å²) < 4.78 is 0. The molecule has 0 radical (unpaired) electrons. The number of benzene rings is 1. The second kappa shape index (κ2) is 4.66. The SMILES string of the molecule is CC1=C(c2c(C)cccc2C=O)CCCC1=O. The number of carbonyl (C=O) groups excluding carboxylic acids is 2. The first kappa shape index (κ1) is 11.8. The van der Waals surface area contributed by atoms with Crippen LogP contribution in [-0.4, -0.2) is 12.1 Å². The van der Waals surface area contributed by atoms with Gasteiger partial charge in [-0.15, -0.1) is 0 Å². The van der Waals surface area contributed by atoms with E-state index in [9.17, 15) is 9.59 Å². The molecule has 1 aliphatic carbocycles. The van der Waals surface area contributed by atoms with Crippen LogP contribution >= 0.6 is 0 Å². The Morgan fingerprint density at radius 1 is 1.18 bits per heavy atom. The van der Waals surface area contributed by atoms with Crippen LogP contribution in [0.5, 0.6) is 0 Å². The van der Waals surface area contributed by atoms with Gasteiger partial charge >= 0.3 is 0 Å². The fourth-order valence-electron chi connectivity index (χ4n) is 2.48.